The highest BCUT2D eigenvalue weighted by molar-refractivity contribution is 8.00. The summed E-state index contributed by atoms with van der Waals surface area (Å²) in [6.45, 7) is -0.142. The Kier molecular flexibility index (Phi) is 6.83. The smallest absolute Gasteiger partial charge is 0.339 e. The van der Waals surface area contributed by atoms with Crippen molar-refractivity contribution >= 4 is 45.6 Å². The molecule has 164 valence electrons. The van der Waals surface area contributed by atoms with Crippen LogP contribution in [0.1, 0.15) is 21.6 Å². The van der Waals surface area contributed by atoms with Crippen LogP contribution in [0.4, 0.5) is 5.69 Å². The molecule has 10 heteroatoms. The van der Waals surface area contributed by atoms with Crippen LogP contribution in [0, 0.1) is 11.3 Å². The van der Waals surface area contributed by atoms with Gasteiger partial charge >= 0.3 is 5.97 Å². The summed E-state index contributed by atoms with van der Waals surface area (Å²) in [6, 6.07) is 16.8. The number of nitriles is 1. The number of ether oxygens (including phenoxy) is 1. The van der Waals surface area contributed by atoms with Crippen LogP contribution in [0.15, 0.2) is 75.9 Å². The molecule has 0 fully saturated rings. The second-order valence-corrected chi connectivity index (χ2v) is 8.63. The van der Waals surface area contributed by atoms with Crippen molar-refractivity contribution in [3.05, 3.63) is 93.3 Å². The van der Waals surface area contributed by atoms with Gasteiger partial charge in [0.05, 0.1) is 28.6 Å². The first-order valence-electron chi connectivity index (χ1n) is 9.68. The maximum atomic E-state index is 12.7. The lowest BCUT2D eigenvalue weighted by molar-refractivity contribution is -0.113. The van der Waals surface area contributed by atoms with Crippen LogP contribution in [0.2, 0.25) is 0 Å². The summed E-state index contributed by atoms with van der Waals surface area (Å²) in [5.74, 6) is -0.783. The summed E-state index contributed by atoms with van der Waals surface area (Å²) in [5.41, 5.74) is 1.41. The molecule has 0 unspecified atom stereocenters. The summed E-state index contributed by atoms with van der Waals surface area (Å²) >= 11 is 2.51. The second-order valence-electron chi connectivity index (χ2n) is 6.74. The summed E-state index contributed by atoms with van der Waals surface area (Å²) in [6.07, 6.45) is 1.63. The third kappa shape index (κ3) is 5.46. The molecule has 0 aliphatic rings. The first kappa shape index (κ1) is 22.3. The molecule has 0 aliphatic carbocycles. The Morgan fingerprint density at radius 3 is 2.88 bits per heavy atom. The Hall–Kier alpha value is -3.94. The van der Waals surface area contributed by atoms with E-state index in [0.29, 0.717) is 32.4 Å². The number of aromatic nitrogens is 2. The zero-order valence-electron chi connectivity index (χ0n) is 17.1. The summed E-state index contributed by atoms with van der Waals surface area (Å²) < 4.78 is 6.79. The Bertz CT molecular complexity index is 1440. The predicted octanol–water partition coefficient (Wildman–Crippen LogP) is 3.72. The number of rotatable bonds is 7. The van der Waals surface area contributed by atoms with Crippen molar-refractivity contribution in [2.24, 2.45) is 0 Å². The van der Waals surface area contributed by atoms with Crippen molar-refractivity contribution in [2.45, 2.75) is 11.5 Å². The van der Waals surface area contributed by atoms with E-state index in [4.69, 9.17) is 10.00 Å². The van der Waals surface area contributed by atoms with Crippen LogP contribution < -0.4 is 10.9 Å². The van der Waals surface area contributed by atoms with E-state index in [1.165, 1.54) is 33.6 Å². The zero-order chi connectivity index (χ0) is 23.2. The molecule has 0 spiro atoms. The maximum Gasteiger partial charge on any atom is 0.339 e. The molecule has 0 saturated carbocycles. The highest BCUT2D eigenvalue weighted by Gasteiger charge is 2.15. The molecule has 8 nitrogen and oxygen atoms in total. The summed E-state index contributed by atoms with van der Waals surface area (Å²) in [4.78, 5) is 42.5. The lowest BCUT2D eigenvalue weighted by Gasteiger charge is -2.10. The monoisotopic (exact) mass is 476 g/mol. The Morgan fingerprint density at radius 2 is 2.03 bits per heavy atom. The fourth-order valence-corrected chi connectivity index (χ4v) is 4.53. The number of esters is 1. The fourth-order valence-electron chi connectivity index (χ4n) is 2.95. The average molecular weight is 477 g/mol. The highest BCUT2D eigenvalue weighted by atomic mass is 32.2. The minimum absolute atomic E-state index is 0.0639. The molecule has 0 radical (unpaired) electrons. The van der Waals surface area contributed by atoms with Crippen LogP contribution in [-0.2, 0) is 16.1 Å². The van der Waals surface area contributed by atoms with Crippen LogP contribution >= 0.6 is 23.1 Å². The fraction of sp³-hybridized carbons (Fsp3) is 0.0870. The molecular formula is C23H16N4O4S2. The molecule has 2 heterocycles. The number of carbonyl (C=O) groups is 2. The van der Waals surface area contributed by atoms with Crippen LogP contribution in [0.5, 0.6) is 0 Å². The van der Waals surface area contributed by atoms with Gasteiger partial charge in [0.25, 0.3) is 5.56 Å². The predicted molar refractivity (Wildman–Crippen MR) is 125 cm³/mol. The van der Waals surface area contributed by atoms with E-state index >= 15 is 0 Å². The van der Waals surface area contributed by atoms with Gasteiger partial charge in [-0.15, -0.1) is 23.1 Å². The molecule has 0 aliphatic heterocycles. The first-order chi connectivity index (χ1) is 16.0. The van der Waals surface area contributed by atoms with Crippen molar-refractivity contribution in [1.82, 2.24) is 9.38 Å². The molecule has 1 N–H and O–H groups in total. The molecule has 0 bridgehead atoms. The Morgan fingerprint density at radius 1 is 1.18 bits per heavy atom. The van der Waals surface area contributed by atoms with Crippen LogP contribution in [0.25, 0.3) is 4.96 Å². The van der Waals surface area contributed by atoms with Gasteiger partial charge < -0.3 is 10.1 Å². The summed E-state index contributed by atoms with van der Waals surface area (Å²) in [5, 5.41) is 13.5. The van der Waals surface area contributed by atoms with E-state index in [0.717, 1.165) is 0 Å². The van der Waals surface area contributed by atoms with Gasteiger partial charge in [-0.2, -0.15) is 5.26 Å². The molecule has 4 aromatic rings. The van der Waals surface area contributed by atoms with E-state index in [1.54, 1.807) is 60.1 Å². The normalized spacial score (nSPS) is 10.5. The number of carbonyl (C=O) groups excluding carboxylic acids is 2. The SMILES string of the molecule is N#Cc1cccc(NC(=O)CSc2ccccc2C(=O)OCc2cc(=O)n3ccsc3n2)c1. The Balaban J connectivity index is 1.38. The molecule has 2 aromatic heterocycles. The average Bonchev–Trinajstić information content (AvgIpc) is 3.31. The third-order valence-corrected chi connectivity index (χ3v) is 6.28. The molecule has 2 aromatic carbocycles. The van der Waals surface area contributed by atoms with Gasteiger partial charge in [-0.25, -0.2) is 9.78 Å². The topological polar surface area (TPSA) is 114 Å². The van der Waals surface area contributed by atoms with Crippen molar-refractivity contribution in [3.63, 3.8) is 0 Å². The van der Waals surface area contributed by atoms with Gasteiger partial charge in [0, 0.05) is 28.2 Å². The minimum Gasteiger partial charge on any atom is -0.456 e. The molecule has 0 atom stereocenters. The lowest BCUT2D eigenvalue weighted by atomic mass is 10.2. The number of thiazole rings is 1. The van der Waals surface area contributed by atoms with E-state index in [-0.39, 0.29) is 23.8 Å². The lowest BCUT2D eigenvalue weighted by Crippen LogP contribution is -2.15. The standard InChI is InChI=1S/C23H16N4O4S2/c24-12-15-4-3-5-16(10-15)25-20(28)14-33-19-7-2-1-6-18(19)22(30)31-13-17-11-21(29)27-8-9-32-23(27)26-17/h1-11H,13-14H2,(H,25,28). The number of thioether (sulfide) groups is 1. The molecule has 33 heavy (non-hydrogen) atoms. The molecular weight excluding hydrogens is 460 g/mol. The maximum absolute atomic E-state index is 12.7. The molecule has 4 rings (SSSR count). The van der Waals surface area contributed by atoms with Crippen LogP contribution in [-0.4, -0.2) is 27.0 Å². The van der Waals surface area contributed by atoms with Crippen molar-refractivity contribution in [1.29, 1.82) is 5.26 Å². The highest BCUT2D eigenvalue weighted by Crippen LogP contribution is 2.24. The van der Waals surface area contributed by atoms with E-state index in [2.05, 4.69) is 10.3 Å². The number of benzene rings is 2. The van der Waals surface area contributed by atoms with Crippen LogP contribution in [0.3, 0.4) is 0 Å². The minimum atomic E-state index is -0.576. The number of hydrogen-bond donors (Lipinski definition) is 1. The van der Waals surface area contributed by atoms with E-state index in [1.807, 2.05) is 6.07 Å². The van der Waals surface area contributed by atoms with Gasteiger partial charge in [-0.1, -0.05) is 18.2 Å². The van der Waals surface area contributed by atoms with Gasteiger partial charge in [0.2, 0.25) is 5.91 Å². The van der Waals surface area contributed by atoms with Crippen molar-refractivity contribution in [3.8, 4) is 6.07 Å². The number of anilines is 1. The third-order valence-electron chi connectivity index (χ3n) is 4.45. The van der Waals surface area contributed by atoms with Gasteiger partial charge in [-0.05, 0) is 30.3 Å². The van der Waals surface area contributed by atoms with E-state index in [9.17, 15) is 14.4 Å². The van der Waals surface area contributed by atoms with Gasteiger partial charge in [0.1, 0.15) is 6.61 Å². The number of amides is 1. The quantitative estimate of drug-likeness (QED) is 0.319. The first-order valence-corrected chi connectivity index (χ1v) is 11.5. The van der Waals surface area contributed by atoms with Gasteiger partial charge in [-0.3, -0.25) is 14.0 Å². The number of fused-ring (bicyclic) bond motifs is 1. The molecule has 1 amide bonds. The molecule has 0 saturated heterocycles. The number of nitrogens with one attached hydrogen (secondary N) is 1. The Labute approximate surface area is 196 Å². The van der Waals surface area contributed by atoms with Crippen molar-refractivity contribution in [2.75, 3.05) is 11.1 Å². The second kappa shape index (κ2) is 10.1. The largest absolute Gasteiger partial charge is 0.456 e. The number of hydrogen-bond acceptors (Lipinski definition) is 8. The number of nitrogens with zero attached hydrogens (tertiary/aromatic N) is 3. The van der Waals surface area contributed by atoms with Gasteiger partial charge in [0.15, 0.2) is 4.96 Å². The summed E-state index contributed by atoms with van der Waals surface area (Å²) in [7, 11) is 0. The van der Waals surface area contributed by atoms with Crippen molar-refractivity contribution < 1.29 is 14.3 Å². The van der Waals surface area contributed by atoms with E-state index < -0.39 is 5.97 Å². The zero-order valence-corrected chi connectivity index (χ0v) is 18.7.